The van der Waals surface area contributed by atoms with E-state index in [4.69, 9.17) is 20.3 Å². The number of carbonyl (C=O) groups excluding carboxylic acids is 2. The van der Waals surface area contributed by atoms with Crippen LogP contribution < -0.4 is 5.73 Å². The Hall–Kier alpha value is -2.84. The molecule has 3 rings (SSSR count). The van der Waals surface area contributed by atoms with Crippen molar-refractivity contribution in [3.8, 4) is 0 Å². The molecule has 1 fully saturated rings. The van der Waals surface area contributed by atoms with E-state index in [0.717, 1.165) is 17.3 Å². The van der Waals surface area contributed by atoms with Gasteiger partial charge in [0.1, 0.15) is 6.04 Å². The van der Waals surface area contributed by atoms with Crippen LogP contribution in [0, 0.1) is 5.92 Å². The maximum Gasteiger partial charge on any atom is 0.325 e. The first-order valence-electron chi connectivity index (χ1n) is 9.93. The number of thioether (sulfide) groups is 1. The second-order valence-electron chi connectivity index (χ2n) is 7.55. The van der Waals surface area contributed by atoms with Crippen LogP contribution in [0.2, 0.25) is 0 Å². The first-order chi connectivity index (χ1) is 14.8. The molecule has 0 bridgehead atoms. The van der Waals surface area contributed by atoms with Crippen LogP contribution in [0.4, 0.5) is 0 Å². The maximum absolute atomic E-state index is 12.9. The summed E-state index contributed by atoms with van der Waals surface area (Å²) in [5.74, 6) is -5.06. The fraction of sp³-hybridized carbons (Fsp3) is 0.348. The van der Waals surface area contributed by atoms with Crippen molar-refractivity contribution in [2.75, 3.05) is 5.75 Å². The Morgan fingerprint density at radius 3 is 2.16 bits per heavy atom. The lowest BCUT2D eigenvalue weighted by molar-refractivity contribution is -0.247. The number of aryl methyl sites for hydroxylation is 1. The van der Waals surface area contributed by atoms with Gasteiger partial charge in [-0.2, -0.15) is 11.8 Å². The van der Waals surface area contributed by atoms with Gasteiger partial charge in [0.05, 0.1) is 5.25 Å². The Labute approximate surface area is 184 Å². The molecular weight excluding hydrogens is 418 g/mol. The number of rotatable bonds is 9. The number of carboxylic acids is 1. The summed E-state index contributed by atoms with van der Waals surface area (Å²) in [5.41, 5.74) is 7.36. The fourth-order valence-electron chi connectivity index (χ4n) is 3.34. The lowest BCUT2D eigenvalue weighted by Crippen LogP contribution is -2.50. The third kappa shape index (κ3) is 5.86. The quantitative estimate of drug-likeness (QED) is 0.449. The molecule has 0 spiro atoms. The van der Waals surface area contributed by atoms with E-state index < -0.39 is 40.9 Å². The van der Waals surface area contributed by atoms with Gasteiger partial charge in [-0.15, -0.1) is 0 Å². The Balaban J connectivity index is 1.75. The molecule has 1 aliphatic heterocycles. The van der Waals surface area contributed by atoms with Gasteiger partial charge < -0.3 is 20.3 Å². The SMILES string of the molecule is CC1(CCc2ccccc2)OC(=O)C(C(SC[C@H](N)C(=O)O)c2ccccc2)C(=O)O1. The van der Waals surface area contributed by atoms with Gasteiger partial charge in [-0.25, -0.2) is 0 Å². The van der Waals surface area contributed by atoms with E-state index in [0.29, 0.717) is 18.4 Å². The van der Waals surface area contributed by atoms with Crippen LogP contribution in [0.25, 0.3) is 0 Å². The molecule has 2 atom stereocenters. The van der Waals surface area contributed by atoms with E-state index in [2.05, 4.69) is 0 Å². The number of carboxylic acid groups (broad SMARTS) is 1. The van der Waals surface area contributed by atoms with Crippen LogP contribution in [0.1, 0.15) is 29.7 Å². The van der Waals surface area contributed by atoms with Crippen LogP contribution in [-0.2, 0) is 30.3 Å². The normalized spacial score (nSPS) is 22.8. The molecule has 0 radical (unpaired) electrons. The molecule has 164 valence electrons. The number of hydrogen-bond donors (Lipinski definition) is 2. The van der Waals surface area contributed by atoms with Crippen molar-refractivity contribution < 1.29 is 29.0 Å². The van der Waals surface area contributed by atoms with Gasteiger partial charge in [0.25, 0.3) is 5.79 Å². The van der Waals surface area contributed by atoms with Gasteiger partial charge in [-0.05, 0) is 17.5 Å². The van der Waals surface area contributed by atoms with Crippen molar-refractivity contribution in [3.63, 3.8) is 0 Å². The number of ether oxygens (including phenoxy) is 2. The fourth-order valence-corrected chi connectivity index (χ4v) is 4.66. The molecule has 3 N–H and O–H groups in total. The third-order valence-electron chi connectivity index (χ3n) is 5.05. The minimum absolute atomic E-state index is 0.0250. The first kappa shape index (κ1) is 22.8. The largest absolute Gasteiger partial charge is 0.480 e. The highest BCUT2D eigenvalue weighted by molar-refractivity contribution is 7.99. The zero-order chi connectivity index (χ0) is 22.4. The monoisotopic (exact) mass is 443 g/mol. The predicted octanol–water partition coefficient (Wildman–Crippen LogP) is 2.94. The van der Waals surface area contributed by atoms with E-state index >= 15 is 0 Å². The highest BCUT2D eigenvalue weighted by Crippen LogP contribution is 2.41. The van der Waals surface area contributed by atoms with Crippen LogP contribution in [0.5, 0.6) is 0 Å². The molecule has 2 aromatic carbocycles. The number of benzene rings is 2. The Kier molecular flexibility index (Phi) is 7.35. The number of cyclic esters (lactones) is 2. The van der Waals surface area contributed by atoms with Crippen molar-refractivity contribution in [2.45, 2.75) is 36.8 Å². The molecule has 0 aliphatic carbocycles. The number of hydrogen-bond acceptors (Lipinski definition) is 7. The molecule has 7 nitrogen and oxygen atoms in total. The Morgan fingerprint density at radius 2 is 1.61 bits per heavy atom. The van der Waals surface area contributed by atoms with E-state index in [-0.39, 0.29) is 5.75 Å². The van der Waals surface area contributed by atoms with Crippen LogP contribution >= 0.6 is 11.8 Å². The molecule has 8 heteroatoms. The van der Waals surface area contributed by atoms with Crippen LogP contribution in [0.15, 0.2) is 60.7 Å². The number of nitrogens with two attached hydrogens (primary N) is 1. The molecule has 2 aromatic rings. The minimum atomic E-state index is -1.36. The maximum atomic E-state index is 12.9. The average molecular weight is 444 g/mol. The summed E-state index contributed by atoms with van der Waals surface area (Å²) in [6.45, 7) is 1.58. The van der Waals surface area contributed by atoms with E-state index in [1.165, 1.54) is 0 Å². The lowest BCUT2D eigenvalue weighted by Gasteiger charge is -2.38. The summed E-state index contributed by atoms with van der Waals surface area (Å²) in [5, 5.41) is 8.40. The molecule has 1 heterocycles. The first-order valence-corrected chi connectivity index (χ1v) is 11.0. The van der Waals surface area contributed by atoms with Crippen molar-refractivity contribution >= 4 is 29.7 Å². The molecule has 31 heavy (non-hydrogen) atoms. The van der Waals surface area contributed by atoms with Gasteiger partial charge in [-0.3, -0.25) is 14.4 Å². The predicted molar refractivity (Wildman–Crippen MR) is 116 cm³/mol. The molecule has 1 aliphatic rings. The summed E-state index contributed by atoms with van der Waals surface area (Å²) in [4.78, 5) is 37.0. The topological polar surface area (TPSA) is 116 Å². The van der Waals surface area contributed by atoms with Crippen LogP contribution in [0.3, 0.4) is 0 Å². The third-order valence-corrected chi connectivity index (χ3v) is 6.51. The Bertz CT molecular complexity index is 902. The van der Waals surface area contributed by atoms with Gasteiger partial charge in [0.2, 0.25) is 0 Å². The second kappa shape index (κ2) is 9.98. The zero-order valence-corrected chi connectivity index (χ0v) is 17.9. The number of carbonyl (C=O) groups is 3. The highest BCUT2D eigenvalue weighted by atomic mass is 32.2. The van der Waals surface area contributed by atoms with E-state index in [1.807, 2.05) is 36.4 Å². The summed E-state index contributed by atoms with van der Waals surface area (Å²) < 4.78 is 11.2. The summed E-state index contributed by atoms with van der Waals surface area (Å²) >= 11 is 1.13. The molecule has 1 unspecified atom stereocenters. The van der Waals surface area contributed by atoms with Gasteiger partial charge in [0.15, 0.2) is 5.92 Å². The average Bonchev–Trinajstić information content (AvgIpc) is 2.75. The zero-order valence-electron chi connectivity index (χ0n) is 17.1. The molecule has 0 saturated carbocycles. The van der Waals surface area contributed by atoms with Crippen molar-refractivity contribution in [1.29, 1.82) is 0 Å². The molecule has 0 aromatic heterocycles. The molecule has 0 amide bonds. The summed E-state index contributed by atoms with van der Waals surface area (Å²) in [6.07, 6.45) is 0.904. The summed E-state index contributed by atoms with van der Waals surface area (Å²) in [7, 11) is 0. The standard InChI is InChI=1S/C23H25NO6S/c1-23(13-12-15-8-4-2-5-9-15)29-21(27)18(22(28)30-23)19(16-10-6-3-7-11-16)31-14-17(24)20(25)26/h2-11,17-19H,12-14,24H2,1H3,(H,25,26)/t17-,18?,19?,23?/m0/s1. The van der Waals surface area contributed by atoms with Crippen molar-refractivity contribution in [1.82, 2.24) is 0 Å². The number of aliphatic carboxylic acids is 1. The number of esters is 2. The van der Waals surface area contributed by atoms with Gasteiger partial charge in [-0.1, -0.05) is 60.7 Å². The summed E-state index contributed by atoms with van der Waals surface area (Å²) in [6, 6.07) is 17.4. The smallest absolute Gasteiger partial charge is 0.325 e. The second-order valence-corrected chi connectivity index (χ2v) is 8.72. The molecular formula is C23H25NO6S. The van der Waals surface area contributed by atoms with Crippen molar-refractivity contribution in [3.05, 3.63) is 71.8 Å². The van der Waals surface area contributed by atoms with Crippen molar-refractivity contribution in [2.24, 2.45) is 11.7 Å². The Morgan fingerprint density at radius 1 is 1.06 bits per heavy atom. The van der Waals surface area contributed by atoms with Gasteiger partial charge >= 0.3 is 17.9 Å². The molecule has 1 saturated heterocycles. The highest BCUT2D eigenvalue weighted by Gasteiger charge is 2.49. The lowest BCUT2D eigenvalue weighted by atomic mass is 9.96. The van der Waals surface area contributed by atoms with Gasteiger partial charge in [0, 0.05) is 19.1 Å². The van der Waals surface area contributed by atoms with E-state index in [9.17, 15) is 14.4 Å². The van der Waals surface area contributed by atoms with Crippen LogP contribution in [-0.4, -0.2) is 40.6 Å². The minimum Gasteiger partial charge on any atom is -0.480 e. The van der Waals surface area contributed by atoms with E-state index in [1.54, 1.807) is 31.2 Å².